The second-order valence-corrected chi connectivity index (χ2v) is 4.82. The minimum absolute atomic E-state index is 0.0444. The van der Waals surface area contributed by atoms with Crippen LogP contribution in [0.5, 0.6) is 0 Å². The van der Waals surface area contributed by atoms with Gasteiger partial charge in [-0.2, -0.15) is 13.2 Å². The Morgan fingerprint density at radius 3 is 2.46 bits per heavy atom. The number of alkyl halides is 4. The zero-order valence-electron chi connectivity index (χ0n) is 7.11. The van der Waals surface area contributed by atoms with E-state index >= 15 is 0 Å². The fourth-order valence-electron chi connectivity index (χ4n) is 1.39. The van der Waals surface area contributed by atoms with Crippen LogP contribution < -0.4 is 0 Å². The Labute approximate surface area is 89.2 Å². The van der Waals surface area contributed by atoms with Crippen molar-refractivity contribution in [3.8, 4) is 0 Å². The van der Waals surface area contributed by atoms with Crippen LogP contribution in [0.3, 0.4) is 0 Å². The summed E-state index contributed by atoms with van der Waals surface area (Å²) in [6, 6.07) is 0. The first kappa shape index (κ1) is 11.6. The van der Waals surface area contributed by atoms with Gasteiger partial charge in [0.1, 0.15) is 0 Å². The van der Waals surface area contributed by atoms with Crippen LogP contribution in [0.1, 0.15) is 25.7 Å². The van der Waals surface area contributed by atoms with E-state index in [0.29, 0.717) is 3.92 Å². The topological polar surface area (TPSA) is 9.23 Å². The van der Waals surface area contributed by atoms with Gasteiger partial charge in [-0.3, -0.25) is 0 Å². The number of hydrogen-bond acceptors (Lipinski definition) is 1. The molecule has 2 unspecified atom stereocenters. The van der Waals surface area contributed by atoms with Gasteiger partial charge in [-0.25, -0.2) is 0 Å². The molecule has 1 fully saturated rings. The van der Waals surface area contributed by atoms with Crippen molar-refractivity contribution in [1.29, 1.82) is 0 Å². The predicted molar refractivity (Wildman–Crippen MR) is 52.1 cm³/mol. The third kappa shape index (κ3) is 4.49. The molecular formula is C8H12F3IO. The van der Waals surface area contributed by atoms with E-state index in [4.69, 9.17) is 4.74 Å². The molecule has 78 valence electrons. The molecule has 0 heterocycles. The summed E-state index contributed by atoms with van der Waals surface area (Å²) in [6.07, 6.45) is -1.82. The summed E-state index contributed by atoms with van der Waals surface area (Å²) in [6.45, 7) is -0.187. The number of halogens is 4. The first-order valence-corrected chi connectivity index (χ1v) is 5.56. The number of ether oxygens (including phenoxy) is 1. The maximum atomic E-state index is 11.7. The van der Waals surface area contributed by atoms with E-state index in [-0.39, 0.29) is 12.7 Å². The molecule has 5 heteroatoms. The molecule has 0 radical (unpaired) electrons. The predicted octanol–water partition coefficient (Wildman–Crippen LogP) is 3.31. The van der Waals surface area contributed by atoms with Crippen molar-refractivity contribution >= 4 is 22.6 Å². The maximum absolute atomic E-state index is 11.7. The van der Waals surface area contributed by atoms with Gasteiger partial charge < -0.3 is 4.74 Å². The Bertz CT molecular complexity index is 160. The van der Waals surface area contributed by atoms with Crippen LogP contribution in [0.2, 0.25) is 0 Å². The lowest BCUT2D eigenvalue weighted by molar-refractivity contribution is -0.148. The van der Waals surface area contributed by atoms with Gasteiger partial charge in [0.25, 0.3) is 0 Å². The summed E-state index contributed by atoms with van der Waals surface area (Å²) < 4.78 is 40.8. The quantitative estimate of drug-likeness (QED) is 0.574. The highest BCUT2D eigenvalue weighted by molar-refractivity contribution is 14.1. The highest BCUT2D eigenvalue weighted by atomic mass is 127. The monoisotopic (exact) mass is 308 g/mol. The Hall–Kier alpha value is 0.480. The van der Waals surface area contributed by atoms with Gasteiger partial charge >= 0.3 is 6.18 Å². The second kappa shape index (κ2) is 4.82. The minimum Gasteiger partial charge on any atom is -0.377 e. The van der Waals surface area contributed by atoms with Crippen molar-refractivity contribution in [3.05, 3.63) is 0 Å². The van der Waals surface area contributed by atoms with E-state index in [1.807, 2.05) is 0 Å². The van der Waals surface area contributed by atoms with E-state index in [1.165, 1.54) is 0 Å². The SMILES string of the molecule is FC(F)(F)CCOC1CCCC1I. The standard InChI is InChI=1S/C8H12F3IO/c9-8(10,11)4-5-13-7-3-1-2-6(7)12/h6-7H,1-5H2. The molecule has 1 aliphatic carbocycles. The van der Waals surface area contributed by atoms with Gasteiger partial charge in [0, 0.05) is 3.92 Å². The molecule has 0 bridgehead atoms. The maximum Gasteiger partial charge on any atom is 0.391 e. The molecule has 1 nitrogen and oxygen atoms in total. The fraction of sp³-hybridized carbons (Fsp3) is 1.00. The summed E-state index contributed by atoms with van der Waals surface area (Å²) in [5.74, 6) is 0. The minimum atomic E-state index is -4.08. The normalized spacial score (nSPS) is 29.5. The first-order chi connectivity index (χ1) is 5.99. The van der Waals surface area contributed by atoms with Gasteiger partial charge in [-0.15, -0.1) is 0 Å². The summed E-state index contributed by atoms with van der Waals surface area (Å²) >= 11 is 2.25. The van der Waals surface area contributed by atoms with Gasteiger partial charge in [-0.1, -0.05) is 22.6 Å². The molecule has 1 aliphatic rings. The van der Waals surface area contributed by atoms with E-state index in [1.54, 1.807) is 0 Å². The molecule has 2 atom stereocenters. The fourth-order valence-corrected chi connectivity index (χ4v) is 2.40. The summed E-state index contributed by atoms with van der Waals surface area (Å²) in [5.41, 5.74) is 0. The summed E-state index contributed by atoms with van der Waals surface area (Å²) in [7, 11) is 0. The smallest absolute Gasteiger partial charge is 0.377 e. The lowest BCUT2D eigenvalue weighted by Gasteiger charge is -2.15. The van der Waals surface area contributed by atoms with Crippen molar-refractivity contribution in [1.82, 2.24) is 0 Å². The van der Waals surface area contributed by atoms with Gasteiger partial charge in [0.15, 0.2) is 0 Å². The van der Waals surface area contributed by atoms with E-state index in [0.717, 1.165) is 19.3 Å². The average molecular weight is 308 g/mol. The van der Waals surface area contributed by atoms with Gasteiger partial charge in [0.05, 0.1) is 19.1 Å². The van der Waals surface area contributed by atoms with Gasteiger partial charge in [0.2, 0.25) is 0 Å². The van der Waals surface area contributed by atoms with Crippen LogP contribution in [-0.4, -0.2) is 22.8 Å². The van der Waals surface area contributed by atoms with Crippen molar-refractivity contribution in [2.24, 2.45) is 0 Å². The van der Waals surface area contributed by atoms with Crippen LogP contribution in [0, 0.1) is 0 Å². The van der Waals surface area contributed by atoms with Gasteiger partial charge in [-0.05, 0) is 19.3 Å². The Balaban J connectivity index is 2.12. The second-order valence-electron chi connectivity index (χ2n) is 3.22. The molecule has 1 rings (SSSR count). The molecule has 0 aromatic heterocycles. The van der Waals surface area contributed by atoms with Crippen LogP contribution in [-0.2, 0) is 4.74 Å². The lowest BCUT2D eigenvalue weighted by Crippen LogP contribution is -2.21. The highest BCUT2D eigenvalue weighted by Crippen LogP contribution is 2.29. The molecule has 0 aromatic rings. The van der Waals surface area contributed by atoms with Crippen molar-refractivity contribution in [2.75, 3.05) is 6.61 Å². The molecule has 1 saturated carbocycles. The zero-order valence-corrected chi connectivity index (χ0v) is 9.27. The molecule has 0 aromatic carbocycles. The molecule has 13 heavy (non-hydrogen) atoms. The molecule has 0 saturated heterocycles. The Morgan fingerprint density at radius 2 is 2.00 bits per heavy atom. The van der Waals surface area contributed by atoms with Crippen LogP contribution in [0.25, 0.3) is 0 Å². The largest absolute Gasteiger partial charge is 0.391 e. The molecule has 0 spiro atoms. The Morgan fingerprint density at radius 1 is 1.31 bits per heavy atom. The third-order valence-corrected chi connectivity index (χ3v) is 3.51. The molecule has 0 aliphatic heterocycles. The zero-order chi connectivity index (χ0) is 9.90. The molecule has 0 N–H and O–H groups in total. The van der Waals surface area contributed by atoms with E-state index in [2.05, 4.69) is 22.6 Å². The van der Waals surface area contributed by atoms with Crippen LogP contribution in [0.15, 0.2) is 0 Å². The van der Waals surface area contributed by atoms with Crippen molar-refractivity contribution < 1.29 is 17.9 Å². The third-order valence-electron chi connectivity index (χ3n) is 2.09. The van der Waals surface area contributed by atoms with E-state index in [9.17, 15) is 13.2 Å². The van der Waals surface area contributed by atoms with Crippen LogP contribution in [0.4, 0.5) is 13.2 Å². The first-order valence-electron chi connectivity index (χ1n) is 4.31. The molecule has 0 amide bonds. The Kier molecular flexibility index (Phi) is 4.28. The van der Waals surface area contributed by atoms with Crippen LogP contribution >= 0.6 is 22.6 Å². The highest BCUT2D eigenvalue weighted by Gasteiger charge is 2.29. The van der Waals surface area contributed by atoms with E-state index < -0.39 is 12.6 Å². The summed E-state index contributed by atoms with van der Waals surface area (Å²) in [4.78, 5) is 0. The summed E-state index contributed by atoms with van der Waals surface area (Å²) in [5, 5.41) is 0. The molecular weight excluding hydrogens is 296 g/mol. The van der Waals surface area contributed by atoms with Crippen molar-refractivity contribution in [3.63, 3.8) is 0 Å². The van der Waals surface area contributed by atoms with Crippen molar-refractivity contribution in [2.45, 2.75) is 41.9 Å². The lowest BCUT2D eigenvalue weighted by atomic mass is 10.3. The number of rotatable bonds is 3. The number of hydrogen-bond donors (Lipinski definition) is 0. The average Bonchev–Trinajstić information content (AvgIpc) is 2.34.